The molecule has 3 heterocycles. The van der Waals surface area contributed by atoms with Crippen LogP contribution in [0.3, 0.4) is 0 Å². The Labute approximate surface area is 199 Å². The summed E-state index contributed by atoms with van der Waals surface area (Å²) in [6, 6.07) is 20.7. The van der Waals surface area contributed by atoms with Crippen molar-refractivity contribution in [2.75, 3.05) is 11.4 Å². The van der Waals surface area contributed by atoms with Gasteiger partial charge in [-0.3, -0.25) is 14.2 Å². The van der Waals surface area contributed by atoms with Gasteiger partial charge in [0.1, 0.15) is 5.69 Å². The minimum atomic E-state index is -0.174. The lowest BCUT2D eigenvalue weighted by atomic mass is 9.86. The molecule has 0 bridgehead atoms. The number of amides is 1. The molecule has 0 unspecified atom stereocenters. The molecule has 1 amide bonds. The molecule has 0 aliphatic carbocycles. The Balaban J connectivity index is 1.56. The second kappa shape index (κ2) is 8.13. The Bertz CT molecular complexity index is 1420. The molecular weight excluding hydrogens is 424 g/mol. The summed E-state index contributed by atoms with van der Waals surface area (Å²) in [5.74, 6) is -0.0607. The average molecular weight is 453 g/mol. The van der Waals surface area contributed by atoms with Gasteiger partial charge in [-0.1, -0.05) is 44.5 Å². The number of anilines is 1. The summed E-state index contributed by atoms with van der Waals surface area (Å²) in [7, 11) is 0. The Morgan fingerprint density at radius 1 is 0.824 bits per heavy atom. The smallest absolute Gasteiger partial charge is 0.277 e. The molecule has 6 heteroatoms. The van der Waals surface area contributed by atoms with Gasteiger partial charge in [0.15, 0.2) is 0 Å². The molecule has 0 N–H and O–H groups in total. The number of carbonyl (C=O) groups excluding carboxylic acids is 1. The van der Waals surface area contributed by atoms with E-state index in [0.717, 1.165) is 40.3 Å². The van der Waals surface area contributed by atoms with Crippen LogP contribution < -0.4 is 10.5 Å². The van der Waals surface area contributed by atoms with Crippen LogP contribution in [0.2, 0.25) is 0 Å². The van der Waals surface area contributed by atoms with Crippen molar-refractivity contribution in [1.82, 2.24) is 14.3 Å². The highest BCUT2D eigenvalue weighted by Crippen LogP contribution is 2.34. The standard InChI is InChI=1S/C28H28N4O2/c1-19-8-10-22(11-9-19)32-25-23(26(29-32)28(2,3)4)16-18-31(27(25)34)21-14-12-20(13-15-21)30-17-6-5-7-24(30)33/h5-15,17H,16,18H2,1-4H3. The van der Waals surface area contributed by atoms with Crippen molar-refractivity contribution < 1.29 is 4.79 Å². The molecule has 1 aliphatic rings. The highest BCUT2D eigenvalue weighted by Gasteiger charge is 2.36. The molecule has 5 rings (SSSR count). The van der Waals surface area contributed by atoms with Crippen LogP contribution in [0.5, 0.6) is 0 Å². The van der Waals surface area contributed by atoms with Gasteiger partial charge in [-0.25, -0.2) is 4.68 Å². The molecule has 0 saturated heterocycles. The molecule has 0 spiro atoms. The zero-order chi connectivity index (χ0) is 24.0. The average Bonchev–Trinajstić information content (AvgIpc) is 3.22. The quantitative estimate of drug-likeness (QED) is 0.447. The third-order valence-corrected chi connectivity index (χ3v) is 6.27. The number of fused-ring (bicyclic) bond motifs is 1. The number of benzene rings is 2. The first-order valence-electron chi connectivity index (χ1n) is 11.5. The molecular formula is C28H28N4O2. The maximum absolute atomic E-state index is 13.8. The first kappa shape index (κ1) is 21.9. The van der Waals surface area contributed by atoms with E-state index < -0.39 is 0 Å². The maximum Gasteiger partial charge on any atom is 0.277 e. The molecule has 2 aromatic carbocycles. The van der Waals surface area contributed by atoms with Crippen molar-refractivity contribution in [3.05, 3.63) is 106 Å². The lowest BCUT2D eigenvalue weighted by molar-refractivity contribution is 0.0973. The van der Waals surface area contributed by atoms with Gasteiger partial charge in [0.2, 0.25) is 0 Å². The van der Waals surface area contributed by atoms with Crippen molar-refractivity contribution in [3.8, 4) is 11.4 Å². The molecule has 172 valence electrons. The fraction of sp³-hybridized carbons (Fsp3) is 0.250. The minimum absolute atomic E-state index is 0.0607. The third kappa shape index (κ3) is 3.75. The predicted molar refractivity (Wildman–Crippen MR) is 134 cm³/mol. The van der Waals surface area contributed by atoms with Crippen molar-refractivity contribution in [3.63, 3.8) is 0 Å². The van der Waals surface area contributed by atoms with Gasteiger partial charge in [0.25, 0.3) is 11.5 Å². The van der Waals surface area contributed by atoms with E-state index in [9.17, 15) is 9.59 Å². The van der Waals surface area contributed by atoms with E-state index in [2.05, 4.69) is 20.8 Å². The van der Waals surface area contributed by atoms with Gasteiger partial charge in [0.05, 0.1) is 11.4 Å². The largest absolute Gasteiger partial charge is 0.307 e. The van der Waals surface area contributed by atoms with Gasteiger partial charge in [0, 0.05) is 41.2 Å². The third-order valence-electron chi connectivity index (χ3n) is 6.27. The first-order valence-corrected chi connectivity index (χ1v) is 11.5. The highest BCUT2D eigenvalue weighted by atomic mass is 16.2. The van der Waals surface area contributed by atoms with Crippen LogP contribution >= 0.6 is 0 Å². The number of pyridine rings is 1. The van der Waals surface area contributed by atoms with Crippen LogP contribution in [-0.2, 0) is 11.8 Å². The van der Waals surface area contributed by atoms with E-state index in [1.54, 1.807) is 21.7 Å². The van der Waals surface area contributed by atoms with Crippen LogP contribution in [0.15, 0.2) is 77.7 Å². The summed E-state index contributed by atoms with van der Waals surface area (Å²) in [4.78, 5) is 27.8. The zero-order valence-electron chi connectivity index (χ0n) is 19.9. The molecule has 1 aliphatic heterocycles. The normalized spacial score (nSPS) is 13.8. The van der Waals surface area contributed by atoms with Crippen LogP contribution in [0, 0.1) is 6.92 Å². The number of hydrogen-bond acceptors (Lipinski definition) is 3. The van der Waals surface area contributed by atoms with Gasteiger partial charge in [-0.2, -0.15) is 5.10 Å². The van der Waals surface area contributed by atoms with Crippen LogP contribution in [0.25, 0.3) is 11.4 Å². The molecule has 0 saturated carbocycles. The molecule has 0 radical (unpaired) electrons. The molecule has 4 aromatic rings. The maximum atomic E-state index is 13.8. The van der Waals surface area contributed by atoms with Crippen molar-refractivity contribution in [2.45, 2.75) is 39.5 Å². The van der Waals surface area contributed by atoms with E-state index in [-0.39, 0.29) is 16.9 Å². The number of nitrogens with zero attached hydrogens (tertiary/aromatic N) is 4. The second-order valence-electron chi connectivity index (χ2n) is 9.81. The Kier molecular flexibility index (Phi) is 5.24. The summed E-state index contributed by atoms with van der Waals surface area (Å²) >= 11 is 0. The zero-order valence-corrected chi connectivity index (χ0v) is 19.9. The van der Waals surface area contributed by atoms with Crippen LogP contribution in [0.4, 0.5) is 5.69 Å². The van der Waals surface area contributed by atoms with E-state index in [1.807, 2.05) is 66.2 Å². The highest BCUT2D eigenvalue weighted by molar-refractivity contribution is 6.07. The van der Waals surface area contributed by atoms with Gasteiger partial charge < -0.3 is 4.90 Å². The molecule has 34 heavy (non-hydrogen) atoms. The summed E-state index contributed by atoms with van der Waals surface area (Å²) in [6.45, 7) is 9.03. The molecule has 0 atom stereocenters. The van der Waals surface area contributed by atoms with Gasteiger partial charge >= 0.3 is 0 Å². The summed E-state index contributed by atoms with van der Waals surface area (Å²) < 4.78 is 3.39. The lowest BCUT2D eigenvalue weighted by Crippen LogP contribution is -2.39. The van der Waals surface area contributed by atoms with Gasteiger partial charge in [-0.15, -0.1) is 0 Å². The molecule has 0 fully saturated rings. The van der Waals surface area contributed by atoms with E-state index >= 15 is 0 Å². The Morgan fingerprint density at radius 2 is 1.47 bits per heavy atom. The molecule has 6 nitrogen and oxygen atoms in total. The van der Waals surface area contributed by atoms with Crippen molar-refractivity contribution >= 4 is 11.6 Å². The topological polar surface area (TPSA) is 60.1 Å². The number of carbonyl (C=O) groups is 1. The number of aryl methyl sites for hydroxylation is 1. The second-order valence-corrected chi connectivity index (χ2v) is 9.81. The predicted octanol–water partition coefficient (Wildman–Crippen LogP) is 4.83. The number of aromatic nitrogens is 3. The summed E-state index contributed by atoms with van der Waals surface area (Å²) in [5, 5.41) is 4.94. The van der Waals surface area contributed by atoms with Crippen LogP contribution in [0.1, 0.15) is 48.1 Å². The van der Waals surface area contributed by atoms with Crippen LogP contribution in [-0.4, -0.2) is 26.8 Å². The van der Waals surface area contributed by atoms with Crippen molar-refractivity contribution in [1.29, 1.82) is 0 Å². The first-order chi connectivity index (χ1) is 16.2. The Morgan fingerprint density at radius 3 is 2.12 bits per heavy atom. The number of hydrogen-bond donors (Lipinski definition) is 0. The van der Waals surface area contributed by atoms with E-state index in [0.29, 0.717) is 12.2 Å². The SMILES string of the molecule is Cc1ccc(-n2nc(C(C)(C)C)c3c2C(=O)N(c2ccc(-n4ccccc4=O)cc2)CC3)cc1. The summed E-state index contributed by atoms with van der Waals surface area (Å²) in [6.07, 6.45) is 2.48. The van der Waals surface area contributed by atoms with E-state index in [4.69, 9.17) is 5.10 Å². The fourth-order valence-corrected chi connectivity index (χ4v) is 4.52. The summed E-state index contributed by atoms with van der Waals surface area (Å²) in [5.41, 5.74) is 5.97. The van der Waals surface area contributed by atoms with Crippen molar-refractivity contribution in [2.24, 2.45) is 0 Å². The van der Waals surface area contributed by atoms with Gasteiger partial charge in [-0.05, 0) is 55.8 Å². The van der Waals surface area contributed by atoms with E-state index in [1.165, 1.54) is 6.07 Å². The lowest BCUT2D eigenvalue weighted by Gasteiger charge is -2.29. The molecule has 2 aromatic heterocycles. The minimum Gasteiger partial charge on any atom is -0.307 e. The monoisotopic (exact) mass is 452 g/mol. The number of rotatable bonds is 3. The fourth-order valence-electron chi connectivity index (χ4n) is 4.52. The Hall–Kier alpha value is -3.93.